The zero-order valence-electron chi connectivity index (χ0n) is 20.7. The van der Waals surface area contributed by atoms with Crippen molar-refractivity contribution in [2.24, 2.45) is 17.3 Å². The van der Waals surface area contributed by atoms with Gasteiger partial charge in [0.2, 0.25) is 17.6 Å². The number of ketones is 1. The first-order chi connectivity index (χ1) is 15.2. The summed E-state index contributed by atoms with van der Waals surface area (Å²) in [6.07, 6.45) is 0.134. The highest BCUT2D eigenvalue weighted by Gasteiger charge is 2.34. The predicted octanol–water partition coefficient (Wildman–Crippen LogP) is 0.393. The first kappa shape index (κ1) is 28.3. The third-order valence-corrected chi connectivity index (χ3v) is 4.96. The van der Waals surface area contributed by atoms with Crippen molar-refractivity contribution in [1.29, 1.82) is 0 Å². The molecule has 0 aromatic rings. The van der Waals surface area contributed by atoms with Gasteiger partial charge in [-0.1, -0.05) is 48.5 Å². The van der Waals surface area contributed by atoms with E-state index >= 15 is 0 Å². The summed E-state index contributed by atoms with van der Waals surface area (Å²) < 4.78 is 5.19. The van der Waals surface area contributed by atoms with Gasteiger partial charge < -0.3 is 20.7 Å². The Balaban J connectivity index is 2.85. The lowest BCUT2D eigenvalue weighted by Crippen LogP contribution is -2.60. The Kier molecular flexibility index (Phi) is 10.8. The lowest BCUT2D eigenvalue weighted by Gasteiger charge is -2.28. The van der Waals surface area contributed by atoms with Gasteiger partial charge in [-0.2, -0.15) is 0 Å². The summed E-state index contributed by atoms with van der Waals surface area (Å²) in [7, 11) is 0. The SMILES string of the molecule is CC(C)C(NC(=O)OCC(C)(C)C)C(=O)NC(C(=O)NC1CCCNNC(=O)C1=O)C(C)C. The van der Waals surface area contributed by atoms with Crippen molar-refractivity contribution >= 4 is 29.6 Å². The molecule has 0 aromatic carbocycles. The molecule has 5 N–H and O–H groups in total. The minimum Gasteiger partial charge on any atom is -0.449 e. The Morgan fingerprint density at radius 1 is 1.00 bits per heavy atom. The van der Waals surface area contributed by atoms with E-state index in [9.17, 15) is 24.0 Å². The number of hydrogen-bond donors (Lipinski definition) is 5. The van der Waals surface area contributed by atoms with Gasteiger partial charge >= 0.3 is 12.0 Å². The van der Waals surface area contributed by atoms with Gasteiger partial charge in [0.25, 0.3) is 0 Å². The van der Waals surface area contributed by atoms with Crippen LogP contribution in [0.2, 0.25) is 0 Å². The molecule has 33 heavy (non-hydrogen) atoms. The van der Waals surface area contributed by atoms with Crippen molar-refractivity contribution in [2.45, 2.75) is 79.4 Å². The fourth-order valence-electron chi connectivity index (χ4n) is 3.05. The Bertz CT molecular complexity index is 731. The maximum absolute atomic E-state index is 12.9. The predicted molar refractivity (Wildman–Crippen MR) is 122 cm³/mol. The minimum absolute atomic E-state index is 0.181. The molecule has 0 saturated carbocycles. The molecule has 0 bridgehead atoms. The highest BCUT2D eigenvalue weighted by Crippen LogP contribution is 2.13. The molecule has 1 aliphatic heterocycles. The van der Waals surface area contributed by atoms with Crippen molar-refractivity contribution in [2.75, 3.05) is 13.2 Å². The van der Waals surface area contributed by atoms with E-state index in [0.29, 0.717) is 19.4 Å². The molecule has 1 fully saturated rings. The van der Waals surface area contributed by atoms with Gasteiger partial charge in [0.15, 0.2) is 0 Å². The second-order valence-electron chi connectivity index (χ2n) is 10.2. The summed E-state index contributed by atoms with van der Waals surface area (Å²) in [4.78, 5) is 62.2. The van der Waals surface area contributed by atoms with E-state index in [1.165, 1.54) is 0 Å². The van der Waals surface area contributed by atoms with Crippen LogP contribution in [0.25, 0.3) is 0 Å². The molecule has 11 nitrogen and oxygen atoms in total. The molecule has 4 amide bonds. The highest BCUT2D eigenvalue weighted by atomic mass is 16.5. The Morgan fingerprint density at radius 2 is 1.58 bits per heavy atom. The first-order valence-electron chi connectivity index (χ1n) is 11.3. The zero-order valence-corrected chi connectivity index (χ0v) is 20.7. The Labute approximate surface area is 195 Å². The largest absolute Gasteiger partial charge is 0.449 e. The number of rotatable bonds is 8. The molecular formula is C22H39N5O6. The summed E-state index contributed by atoms with van der Waals surface area (Å²) in [5.74, 6) is -3.29. The summed E-state index contributed by atoms with van der Waals surface area (Å²) in [5, 5.41) is 7.83. The number of hydrazine groups is 1. The van der Waals surface area contributed by atoms with Gasteiger partial charge in [-0.3, -0.25) is 24.6 Å². The summed E-state index contributed by atoms with van der Waals surface area (Å²) in [6, 6.07) is -2.87. The third kappa shape index (κ3) is 9.77. The standard InChI is InChI=1S/C22H39N5O6/c1-12(2)15(18(29)24-14-9-8-10-23-27-20(31)17(14)28)25-19(30)16(13(3)4)26-21(32)33-11-22(5,6)7/h12-16,23H,8-11H2,1-7H3,(H,24,29)(H,25,30)(H,26,32)(H,27,31). The molecule has 0 spiro atoms. The number of nitrogens with one attached hydrogen (secondary N) is 5. The molecule has 188 valence electrons. The molecule has 1 saturated heterocycles. The fraction of sp³-hybridized carbons (Fsp3) is 0.773. The van der Waals surface area contributed by atoms with E-state index in [1.54, 1.807) is 27.7 Å². The smallest absolute Gasteiger partial charge is 0.407 e. The van der Waals surface area contributed by atoms with E-state index in [-0.39, 0.29) is 23.9 Å². The Morgan fingerprint density at radius 3 is 2.12 bits per heavy atom. The molecule has 11 heteroatoms. The van der Waals surface area contributed by atoms with Crippen LogP contribution in [0.3, 0.4) is 0 Å². The lowest BCUT2D eigenvalue weighted by atomic mass is 9.98. The number of carbonyl (C=O) groups excluding carboxylic acids is 5. The topological polar surface area (TPSA) is 155 Å². The number of alkyl carbamates (subject to hydrolysis) is 1. The molecule has 0 radical (unpaired) electrons. The second-order valence-corrected chi connectivity index (χ2v) is 10.2. The second kappa shape index (κ2) is 12.5. The van der Waals surface area contributed by atoms with Crippen LogP contribution in [0, 0.1) is 17.3 Å². The highest BCUT2D eigenvalue weighted by molar-refractivity contribution is 6.38. The third-order valence-electron chi connectivity index (χ3n) is 4.96. The van der Waals surface area contributed by atoms with Crippen LogP contribution in [0.15, 0.2) is 0 Å². The first-order valence-corrected chi connectivity index (χ1v) is 11.3. The quantitative estimate of drug-likeness (QED) is 0.322. The van der Waals surface area contributed by atoms with Gasteiger partial charge in [-0.05, 0) is 30.1 Å². The maximum atomic E-state index is 12.9. The van der Waals surface area contributed by atoms with E-state index in [2.05, 4.69) is 26.8 Å². The maximum Gasteiger partial charge on any atom is 0.407 e. The molecule has 3 unspecified atom stereocenters. The number of carbonyl (C=O) groups is 5. The molecule has 1 aliphatic rings. The van der Waals surface area contributed by atoms with Gasteiger partial charge in [0, 0.05) is 6.54 Å². The molecular weight excluding hydrogens is 430 g/mol. The Hall–Kier alpha value is -2.69. The molecule has 1 rings (SSSR count). The summed E-state index contributed by atoms with van der Waals surface area (Å²) >= 11 is 0. The molecule has 3 atom stereocenters. The van der Waals surface area contributed by atoms with E-state index in [1.807, 2.05) is 20.8 Å². The fourth-order valence-corrected chi connectivity index (χ4v) is 3.05. The van der Waals surface area contributed by atoms with Crippen LogP contribution < -0.4 is 26.8 Å². The zero-order chi connectivity index (χ0) is 25.3. The van der Waals surface area contributed by atoms with Crippen LogP contribution >= 0.6 is 0 Å². The van der Waals surface area contributed by atoms with E-state index < -0.39 is 47.7 Å². The monoisotopic (exact) mass is 469 g/mol. The van der Waals surface area contributed by atoms with Crippen LogP contribution in [-0.2, 0) is 23.9 Å². The van der Waals surface area contributed by atoms with Gasteiger partial charge in [0.05, 0.1) is 12.6 Å². The average molecular weight is 470 g/mol. The van der Waals surface area contributed by atoms with Crippen LogP contribution in [0.5, 0.6) is 0 Å². The molecule has 1 heterocycles. The molecule has 0 aromatic heterocycles. The number of Topliss-reactive ketones (excluding diaryl/α,β-unsaturated/α-hetero) is 1. The van der Waals surface area contributed by atoms with Crippen molar-refractivity contribution in [1.82, 2.24) is 26.8 Å². The van der Waals surface area contributed by atoms with Crippen LogP contribution in [-0.4, -0.2) is 60.9 Å². The van der Waals surface area contributed by atoms with Crippen LogP contribution in [0.1, 0.15) is 61.3 Å². The minimum atomic E-state index is -0.982. The normalized spacial score (nSPS) is 19.1. The number of hydrogen-bond acceptors (Lipinski definition) is 7. The van der Waals surface area contributed by atoms with Crippen molar-refractivity contribution < 1.29 is 28.7 Å². The van der Waals surface area contributed by atoms with Crippen molar-refractivity contribution in [3.05, 3.63) is 0 Å². The van der Waals surface area contributed by atoms with Gasteiger partial charge in [0.1, 0.15) is 12.1 Å². The summed E-state index contributed by atoms with van der Waals surface area (Å²) in [5.41, 5.74) is 4.68. The van der Waals surface area contributed by atoms with Crippen molar-refractivity contribution in [3.63, 3.8) is 0 Å². The van der Waals surface area contributed by atoms with E-state index in [4.69, 9.17) is 4.74 Å². The van der Waals surface area contributed by atoms with Gasteiger partial charge in [-0.15, -0.1) is 0 Å². The van der Waals surface area contributed by atoms with Gasteiger partial charge in [-0.25, -0.2) is 10.2 Å². The summed E-state index contributed by atoms with van der Waals surface area (Å²) in [6.45, 7) is 13.4. The lowest BCUT2D eigenvalue weighted by molar-refractivity contribution is -0.141. The van der Waals surface area contributed by atoms with Crippen LogP contribution in [0.4, 0.5) is 4.79 Å². The number of ether oxygens (including phenoxy) is 1. The van der Waals surface area contributed by atoms with Crippen molar-refractivity contribution in [3.8, 4) is 0 Å². The molecule has 0 aliphatic carbocycles. The average Bonchev–Trinajstić information content (AvgIpc) is 2.70. The number of amides is 4. The van der Waals surface area contributed by atoms with E-state index in [0.717, 1.165) is 0 Å².